The van der Waals surface area contributed by atoms with Crippen LogP contribution in [0, 0.1) is 6.92 Å². The summed E-state index contributed by atoms with van der Waals surface area (Å²) in [4.78, 5) is 13.8. The van der Waals surface area contributed by atoms with Gasteiger partial charge in [-0.15, -0.1) is 0 Å². The Balaban J connectivity index is 1.75. The second kappa shape index (κ2) is 8.17. The first-order valence-electron chi connectivity index (χ1n) is 10.2. The Labute approximate surface area is 178 Å². The molecule has 0 aromatic heterocycles. The lowest BCUT2D eigenvalue weighted by atomic mass is 9.68. The second-order valence-corrected chi connectivity index (χ2v) is 9.72. The Kier molecular flexibility index (Phi) is 5.58. The van der Waals surface area contributed by atoms with Crippen LogP contribution in [0.1, 0.15) is 29.5 Å². The number of Topliss-reactive ketones (excluding diaryl/α,β-unsaturated/α-hetero) is 1. The first kappa shape index (κ1) is 20.5. The molecular formula is C25H25NO3S. The van der Waals surface area contributed by atoms with E-state index in [2.05, 4.69) is 0 Å². The highest BCUT2D eigenvalue weighted by Crippen LogP contribution is 2.40. The molecule has 1 aliphatic rings. The SMILES string of the molecule is Cc1ccc(S(=O)(=O)N2CCC(=O)C(c3ccccc3)(c3ccccc3)CC2)cc1. The molecule has 154 valence electrons. The van der Waals surface area contributed by atoms with E-state index in [0.717, 1.165) is 16.7 Å². The molecule has 1 saturated heterocycles. The zero-order chi connectivity index (χ0) is 21.2. The van der Waals surface area contributed by atoms with Crippen molar-refractivity contribution in [1.29, 1.82) is 0 Å². The fraction of sp³-hybridized carbons (Fsp3) is 0.240. The van der Waals surface area contributed by atoms with E-state index in [-0.39, 0.29) is 30.2 Å². The van der Waals surface area contributed by atoms with Crippen LogP contribution in [0.25, 0.3) is 0 Å². The number of carbonyl (C=O) groups excluding carboxylic acids is 1. The van der Waals surface area contributed by atoms with Crippen LogP contribution in [0.15, 0.2) is 89.8 Å². The Hall–Kier alpha value is -2.76. The monoisotopic (exact) mass is 419 g/mol. The number of hydrogen-bond acceptors (Lipinski definition) is 3. The van der Waals surface area contributed by atoms with Gasteiger partial charge in [0.25, 0.3) is 0 Å². The van der Waals surface area contributed by atoms with Crippen molar-refractivity contribution < 1.29 is 13.2 Å². The van der Waals surface area contributed by atoms with E-state index in [4.69, 9.17) is 0 Å². The van der Waals surface area contributed by atoms with Crippen LogP contribution >= 0.6 is 0 Å². The van der Waals surface area contributed by atoms with Crippen molar-refractivity contribution in [1.82, 2.24) is 4.31 Å². The molecule has 3 aromatic rings. The smallest absolute Gasteiger partial charge is 0.243 e. The van der Waals surface area contributed by atoms with Crippen molar-refractivity contribution >= 4 is 15.8 Å². The lowest BCUT2D eigenvalue weighted by Crippen LogP contribution is -2.37. The molecule has 5 heteroatoms. The van der Waals surface area contributed by atoms with Crippen molar-refractivity contribution in [2.45, 2.75) is 30.1 Å². The molecule has 4 nitrogen and oxygen atoms in total. The Bertz CT molecular complexity index is 1080. The third-order valence-corrected chi connectivity index (χ3v) is 7.91. The number of aryl methyl sites for hydroxylation is 1. The molecule has 4 rings (SSSR count). The topological polar surface area (TPSA) is 54.5 Å². The van der Waals surface area contributed by atoms with E-state index < -0.39 is 15.4 Å². The van der Waals surface area contributed by atoms with Crippen LogP contribution in [0.2, 0.25) is 0 Å². The molecule has 1 aliphatic heterocycles. The van der Waals surface area contributed by atoms with Gasteiger partial charge in [-0.2, -0.15) is 4.31 Å². The van der Waals surface area contributed by atoms with Gasteiger partial charge in [-0.25, -0.2) is 8.42 Å². The van der Waals surface area contributed by atoms with Crippen molar-refractivity contribution in [3.63, 3.8) is 0 Å². The Morgan fingerprint density at radius 2 is 1.30 bits per heavy atom. The average molecular weight is 420 g/mol. The third kappa shape index (κ3) is 3.59. The summed E-state index contributed by atoms with van der Waals surface area (Å²) < 4.78 is 28.0. The number of nitrogens with zero attached hydrogens (tertiary/aromatic N) is 1. The molecule has 30 heavy (non-hydrogen) atoms. The highest BCUT2D eigenvalue weighted by molar-refractivity contribution is 7.89. The number of hydrogen-bond donors (Lipinski definition) is 0. The summed E-state index contributed by atoms with van der Waals surface area (Å²) in [7, 11) is -3.66. The standard InChI is InChI=1S/C25H25NO3S/c1-20-12-14-23(15-13-20)30(28,29)26-18-16-24(27)25(17-19-26,21-8-4-2-5-9-21)22-10-6-3-7-11-22/h2-15H,16-19H2,1H3. The maximum absolute atomic E-state index is 13.6. The molecule has 0 N–H and O–H groups in total. The van der Waals surface area contributed by atoms with Crippen molar-refractivity contribution in [2.75, 3.05) is 13.1 Å². The van der Waals surface area contributed by atoms with E-state index in [9.17, 15) is 13.2 Å². The largest absolute Gasteiger partial charge is 0.298 e. The van der Waals surface area contributed by atoms with Crippen molar-refractivity contribution in [2.24, 2.45) is 0 Å². The van der Waals surface area contributed by atoms with Crippen molar-refractivity contribution in [3.05, 3.63) is 102 Å². The molecule has 3 aromatic carbocycles. The number of benzene rings is 3. The molecule has 0 atom stereocenters. The number of rotatable bonds is 4. The minimum atomic E-state index is -3.66. The zero-order valence-corrected chi connectivity index (χ0v) is 17.8. The van der Waals surface area contributed by atoms with E-state index in [1.807, 2.05) is 67.6 Å². The third-order valence-electron chi connectivity index (χ3n) is 5.99. The van der Waals surface area contributed by atoms with Gasteiger partial charge in [0.15, 0.2) is 0 Å². The average Bonchev–Trinajstić information content (AvgIpc) is 2.95. The molecule has 0 unspecified atom stereocenters. The Morgan fingerprint density at radius 1 is 0.767 bits per heavy atom. The quantitative estimate of drug-likeness (QED) is 0.632. The molecule has 0 spiro atoms. The zero-order valence-electron chi connectivity index (χ0n) is 17.0. The summed E-state index contributed by atoms with van der Waals surface area (Å²) in [5.41, 5.74) is 1.99. The summed E-state index contributed by atoms with van der Waals surface area (Å²) in [5, 5.41) is 0. The van der Waals surface area contributed by atoms with Gasteiger partial charge in [0, 0.05) is 19.5 Å². The van der Waals surface area contributed by atoms with E-state index in [1.54, 1.807) is 24.3 Å². The second-order valence-electron chi connectivity index (χ2n) is 7.78. The molecule has 0 saturated carbocycles. The minimum absolute atomic E-state index is 0.0570. The predicted molar refractivity (Wildman–Crippen MR) is 118 cm³/mol. The lowest BCUT2D eigenvalue weighted by Gasteiger charge is -2.32. The summed E-state index contributed by atoms with van der Waals surface area (Å²) >= 11 is 0. The molecule has 0 bridgehead atoms. The molecule has 0 amide bonds. The van der Waals surface area contributed by atoms with Gasteiger partial charge in [-0.1, -0.05) is 78.4 Å². The van der Waals surface area contributed by atoms with E-state index in [0.29, 0.717) is 6.42 Å². The van der Waals surface area contributed by atoms with Crippen LogP contribution in [0.4, 0.5) is 0 Å². The summed E-state index contributed by atoms with van der Waals surface area (Å²) in [6.07, 6.45) is 0.583. The van der Waals surface area contributed by atoms with Gasteiger partial charge in [0.05, 0.1) is 10.3 Å². The maximum atomic E-state index is 13.6. The van der Waals surface area contributed by atoms with Gasteiger partial charge in [0.1, 0.15) is 5.78 Å². The summed E-state index contributed by atoms with van der Waals surface area (Å²) in [6, 6.07) is 26.3. The molecular weight excluding hydrogens is 394 g/mol. The Morgan fingerprint density at radius 3 is 1.83 bits per heavy atom. The molecule has 0 radical (unpaired) electrons. The van der Waals surface area contributed by atoms with Crippen LogP contribution in [-0.2, 0) is 20.2 Å². The number of sulfonamides is 1. The van der Waals surface area contributed by atoms with Crippen LogP contribution < -0.4 is 0 Å². The molecule has 1 heterocycles. The van der Waals surface area contributed by atoms with Gasteiger partial charge in [-0.05, 0) is 36.6 Å². The fourth-order valence-electron chi connectivity index (χ4n) is 4.31. The highest BCUT2D eigenvalue weighted by Gasteiger charge is 2.44. The normalized spacial score (nSPS) is 17.4. The van der Waals surface area contributed by atoms with Crippen molar-refractivity contribution in [3.8, 4) is 0 Å². The van der Waals surface area contributed by atoms with Gasteiger partial charge in [-0.3, -0.25) is 4.79 Å². The van der Waals surface area contributed by atoms with E-state index in [1.165, 1.54) is 4.31 Å². The first-order valence-corrected chi connectivity index (χ1v) is 11.6. The lowest BCUT2D eigenvalue weighted by molar-refractivity contribution is -0.122. The van der Waals surface area contributed by atoms with Crippen LogP contribution in [0.3, 0.4) is 0 Å². The molecule has 1 fully saturated rings. The highest BCUT2D eigenvalue weighted by atomic mass is 32.2. The van der Waals surface area contributed by atoms with Gasteiger partial charge >= 0.3 is 0 Å². The number of carbonyl (C=O) groups is 1. The molecule has 0 aliphatic carbocycles. The minimum Gasteiger partial charge on any atom is -0.298 e. The van der Waals surface area contributed by atoms with E-state index >= 15 is 0 Å². The first-order chi connectivity index (χ1) is 14.4. The van der Waals surface area contributed by atoms with Crippen LogP contribution in [0.5, 0.6) is 0 Å². The predicted octanol–water partition coefficient (Wildman–Crippen LogP) is 4.33. The fourth-order valence-corrected chi connectivity index (χ4v) is 5.75. The van der Waals surface area contributed by atoms with Crippen LogP contribution in [-0.4, -0.2) is 31.6 Å². The summed E-state index contributed by atoms with van der Waals surface area (Å²) in [6.45, 7) is 2.40. The van der Waals surface area contributed by atoms with Gasteiger partial charge < -0.3 is 0 Å². The number of ketones is 1. The maximum Gasteiger partial charge on any atom is 0.243 e. The van der Waals surface area contributed by atoms with Gasteiger partial charge in [0.2, 0.25) is 10.0 Å². The summed E-state index contributed by atoms with van der Waals surface area (Å²) in [5.74, 6) is 0.0570.